The van der Waals surface area contributed by atoms with Crippen molar-refractivity contribution in [3.05, 3.63) is 35.6 Å². The van der Waals surface area contributed by atoms with Crippen molar-refractivity contribution in [1.82, 2.24) is 5.32 Å². The average Bonchev–Trinajstić information content (AvgIpc) is 2.42. The molecule has 0 saturated heterocycles. The Labute approximate surface area is 115 Å². The van der Waals surface area contributed by atoms with Gasteiger partial charge in [0.1, 0.15) is 5.82 Å². The summed E-state index contributed by atoms with van der Waals surface area (Å²) in [5.41, 5.74) is 0.633. The van der Waals surface area contributed by atoms with Crippen LogP contribution in [0.25, 0.3) is 0 Å². The molecular weight excluding hydrogens is 241 g/mol. The van der Waals surface area contributed by atoms with Gasteiger partial charge in [-0.15, -0.1) is 0 Å². The second-order valence-corrected chi connectivity index (χ2v) is 5.47. The van der Waals surface area contributed by atoms with Crippen LogP contribution >= 0.6 is 0 Å². The maximum atomic E-state index is 13.3. The molecule has 1 N–H and O–H groups in total. The van der Waals surface area contributed by atoms with Crippen molar-refractivity contribution in [2.45, 2.75) is 45.3 Å². The Hall–Kier alpha value is -0.930. The summed E-state index contributed by atoms with van der Waals surface area (Å²) in [5, 5.41) is 3.55. The van der Waals surface area contributed by atoms with Gasteiger partial charge >= 0.3 is 0 Å². The van der Waals surface area contributed by atoms with E-state index in [2.05, 4.69) is 12.2 Å². The normalized spacial score (nSPS) is 23.5. The minimum absolute atomic E-state index is 0.184. The first kappa shape index (κ1) is 14.5. The third-order valence-electron chi connectivity index (χ3n) is 3.98. The maximum absolute atomic E-state index is 13.3. The summed E-state index contributed by atoms with van der Waals surface area (Å²) in [6, 6.07) is 7.41. The number of nitrogens with one attached hydrogen (secondary N) is 1. The van der Waals surface area contributed by atoms with E-state index in [-0.39, 0.29) is 5.82 Å². The predicted molar refractivity (Wildman–Crippen MR) is 75.5 cm³/mol. The summed E-state index contributed by atoms with van der Waals surface area (Å²) in [5.74, 6) is 0.580. The fourth-order valence-electron chi connectivity index (χ4n) is 2.73. The van der Waals surface area contributed by atoms with Crippen molar-refractivity contribution in [2.75, 3.05) is 13.2 Å². The Balaban J connectivity index is 1.61. The van der Waals surface area contributed by atoms with E-state index >= 15 is 0 Å². The van der Waals surface area contributed by atoms with Gasteiger partial charge in [0.15, 0.2) is 0 Å². The number of halogens is 1. The number of rotatable bonds is 6. The molecule has 0 aromatic heterocycles. The van der Waals surface area contributed by atoms with Crippen LogP contribution in [0.5, 0.6) is 0 Å². The molecule has 0 heterocycles. The fourth-order valence-corrected chi connectivity index (χ4v) is 2.73. The highest BCUT2D eigenvalue weighted by molar-refractivity contribution is 5.16. The zero-order chi connectivity index (χ0) is 13.5. The highest BCUT2D eigenvalue weighted by Gasteiger charge is 2.19. The van der Waals surface area contributed by atoms with Gasteiger partial charge in [0.25, 0.3) is 0 Å². The molecule has 19 heavy (non-hydrogen) atoms. The SMILES string of the molecule is CC1CCCCC1NCCOCc1ccccc1F. The lowest BCUT2D eigenvalue weighted by molar-refractivity contribution is 0.114. The molecule has 0 bridgehead atoms. The molecule has 106 valence electrons. The van der Waals surface area contributed by atoms with Crippen molar-refractivity contribution in [1.29, 1.82) is 0 Å². The minimum Gasteiger partial charge on any atom is -0.375 e. The summed E-state index contributed by atoms with van der Waals surface area (Å²) >= 11 is 0. The molecule has 1 aliphatic rings. The molecule has 1 aliphatic carbocycles. The number of hydrogen-bond donors (Lipinski definition) is 1. The molecule has 1 aromatic rings. The van der Waals surface area contributed by atoms with Crippen LogP contribution in [-0.4, -0.2) is 19.2 Å². The van der Waals surface area contributed by atoms with E-state index < -0.39 is 0 Å². The summed E-state index contributed by atoms with van der Waals surface area (Å²) in [7, 11) is 0. The van der Waals surface area contributed by atoms with Gasteiger partial charge < -0.3 is 10.1 Å². The Bertz CT molecular complexity index is 383. The van der Waals surface area contributed by atoms with Crippen molar-refractivity contribution in [2.24, 2.45) is 5.92 Å². The van der Waals surface area contributed by atoms with Crippen molar-refractivity contribution in [3.8, 4) is 0 Å². The Morgan fingerprint density at radius 2 is 2.05 bits per heavy atom. The van der Waals surface area contributed by atoms with Gasteiger partial charge in [-0.2, -0.15) is 0 Å². The van der Waals surface area contributed by atoms with Gasteiger partial charge in [-0.1, -0.05) is 38.0 Å². The Kier molecular flexibility index (Phi) is 5.80. The van der Waals surface area contributed by atoms with Crippen LogP contribution in [0, 0.1) is 11.7 Å². The van der Waals surface area contributed by atoms with Crippen LogP contribution < -0.4 is 5.32 Å². The molecule has 0 spiro atoms. The van der Waals surface area contributed by atoms with Gasteiger partial charge in [0, 0.05) is 18.2 Å². The van der Waals surface area contributed by atoms with Crippen LogP contribution in [0.3, 0.4) is 0 Å². The smallest absolute Gasteiger partial charge is 0.128 e. The Morgan fingerprint density at radius 3 is 2.84 bits per heavy atom. The second kappa shape index (κ2) is 7.61. The lowest BCUT2D eigenvalue weighted by Gasteiger charge is -2.29. The van der Waals surface area contributed by atoms with E-state index in [1.807, 2.05) is 6.07 Å². The summed E-state index contributed by atoms with van der Waals surface area (Å²) < 4.78 is 18.9. The standard InChI is InChI=1S/C16H24FNO/c1-13-6-2-5-9-16(13)18-10-11-19-12-14-7-3-4-8-15(14)17/h3-4,7-8,13,16,18H,2,5-6,9-12H2,1H3. The van der Waals surface area contributed by atoms with E-state index in [0.717, 1.165) is 12.5 Å². The molecular formula is C16H24FNO. The molecule has 3 heteroatoms. The Morgan fingerprint density at radius 1 is 1.26 bits per heavy atom. The summed E-state index contributed by atoms with van der Waals surface area (Å²) in [6.45, 7) is 4.16. The summed E-state index contributed by atoms with van der Waals surface area (Å²) in [6.07, 6.45) is 5.30. The minimum atomic E-state index is -0.184. The predicted octanol–water partition coefficient (Wildman–Crippen LogP) is 3.51. The van der Waals surface area contributed by atoms with E-state index in [1.165, 1.54) is 31.7 Å². The summed E-state index contributed by atoms with van der Waals surface area (Å²) in [4.78, 5) is 0. The molecule has 1 aromatic carbocycles. The molecule has 0 amide bonds. The first-order valence-electron chi connectivity index (χ1n) is 7.32. The van der Waals surface area contributed by atoms with Crippen molar-refractivity contribution in [3.63, 3.8) is 0 Å². The van der Waals surface area contributed by atoms with Crippen LogP contribution in [-0.2, 0) is 11.3 Å². The molecule has 0 radical (unpaired) electrons. The zero-order valence-electron chi connectivity index (χ0n) is 11.7. The van der Waals surface area contributed by atoms with Crippen molar-refractivity contribution < 1.29 is 9.13 Å². The lowest BCUT2D eigenvalue weighted by atomic mass is 9.86. The van der Waals surface area contributed by atoms with E-state index in [0.29, 0.717) is 24.8 Å². The molecule has 2 atom stereocenters. The van der Waals surface area contributed by atoms with E-state index in [4.69, 9.17) is 4.74 Å². The highest BCUT2D eigenvalue weighted by Crippen LogP contribution is 2.23. The third kappa shape index (κ3) is 4.59. The van der Waals surface area contributed by atoms with Crippen LogP contribution in [0.4, 0.5) is 4.39 Å². The molecule has 1 fully saturated rings. The van der Waals surface area contributed by atoms with E-state index in [1.54, 1.807) is 12.1 Å². The quantitative estimate of drug-likeness (QED) is 0.795. The molecule has 2 unspecified atom stereocenters. The molecule has 2 nitrogen and oxygen atoms in total. The largest absolute Gasteiger partial charge is 0.375 e. The first-order valence-corrected chi connectivity index (χ1v) is 7.32. The average molecular weight is 265 g/mol. The molecule has 2 rings (SSSR count). The molecule has 0 aliphatic heterocycles. The monoisotopic (exact) mass is 265 g/mol. The number of hydrogen-bond acceptors (Lipinski definition) is 2. The van der Waals surface area contributed by atoms with Gasteiger partial charge in [-0.25, -0.2) is 4.39 Å². The number of ether oxygens (including phenoxy) is 1. The van der Waals surface area contributed by atoms with Crippen LogP contribution in [0.15, 0.2) is 24.3 Å². The van der Waals surface area contributed by atoms with Gasteiger partial charge in [-0.3, -0.25) is 0 Å². The van der Waals surface area contributed by atoms with Crippen LogP contribution in [0.2, 0.25) is 0 Å². The van der Waals surface area contributed by atoms with Gasteiger partial charge in [0.05, 0.1) is 13.2 Å². The topological polar surface area (TPSA) is 21.3 Å². The lowest BCUT2D eigenvalue weighted by Crippen LogP contribution is -2.38. The zero-order valence-corrected chi connectivity index (χ0v) is 11.7. The maximum Gasteiger partial charge on any atom is 0.128 e. The fraction of sp³-hybridized carbons (Fsp3) is 0.625. The third-order valence-corrected chi connectivity index (χ3v) is 3.98. The van der Waals surface area contributed by atoms with Crippen LogP contribution in [0.1, 0.15) is 38.2 Å². The van der Waals surface area contributed by atoms with Crippen molar-refractivity contribution >= 4 is 0 Å². The molecule has 1 saturated carbocycles. The highest BCUT2D eigenvalue weighted by atomic mass is 19.1. The van der Waals surface area contributed by atoms with E-state index in [9.17, 15) is 4.39 Å². The second-order valence-electron chi connectivity index (χ2n) is 5.47. The number of benzene rings is 1. The van der Waals surface area contributed by atoms with Gasteiger partial charge in [0.2, 0.25) is 0 Å². The first-order chi connectivity index (χ1) is 9.27. The van der Waals surface area contributed by atoms with Gasteiger partial charge in [-0.05, 0) is 24.8 Å².